The van der Waals surface area contributed by atoms with E-state index in [1.54, 1.807) is 4.90 Å². The molecule has 0 atom stereocenters. The fourth-order valence-corrected chi connectivity index (χ4v) is 2.16. The van der Waals surface area contributed by atoms with Gasteiger partial charge in [-0.15, -0.1) is 0 Å². The highest BCUT2D eigenvalue weighted by molar-refractivity contribution is 5.86. The van der Waals surface area contributed by atoms with E-state index in [0.29, 0.717) is 19.0 Å². The summed E-state index contributed by atoms with van der Waals surface area (Å²) < 4.78 is 0. The van der Waals surface area contributed by atoms with Gasteiger partial charge in [0.15, 0.2) is 0 Å². The Labute approximate surface area is 96.6 Å². The van der Waals surface area contributed by atoms with Gasteiger partial charge in [0.05, 0.1) is 6.54 Å². The third kappa shape index (κ3) is 2.54. The van der Waals surface area contributed by atoms with Crippen LogP contribution in [0.25, 0.3) is 0 Å². The van der Waals surface area contributed by atoms with Crippen molar-refractivity contribution in [3.63, 3.8) is 0 Å². The Balaban J connectivity index is 1.81. The largest absolute Gasteiger partial charge is 0.336 e. The summed E-state index contributed by atoms with van der Waals surface area (Å²) >= 11 is 0. The highest BCUT2D eigenvalue weighted by atomic mass is 16.2. The Morgan fingerprint density at radius 2 is 2.12 bits per heavy atom. The first-order valence-electron chi connectivity index (χ1n) is 6.29. The van der Waals surface area contributed by atoms with Gasteiger partial charge in [0.2, 0.25) is 11.8 Å². The maximum Gasteiger partial charge on any atom is 0.242 e. The minimum atomic E-state index is 0.138. The number of hydrogen-bond acceptors (Lipinski definition) is 2. The average Bonchev–Trinajstić information content (AvgIpc) is 3.09. The Bertz CT molecular complexity index is 287. The van der Waals surface area contributed by atoms with Crippen LogP contribution in [0.2, 0.25) is 0 Å². The molecule has 1 heterocycles. The molecule has 2 fully saturated rings. The molecule has 2 rings (SSSR count). The molecule has 0 radical (unpaired) electrons. The number of hydrogen-bond donors (Lipinski definition) is 0. The molecule has 0 N–H and O–H groups in total. The summed E-state index contributed by atoms with van der Waals surface area (Å²) in [7, 11) is 0. The molecule has 2 aliphatic rings. The second-order valence-corrected chi connectivity index (χ2v) is 4.74. The van der Waals surface area contributed by atoms with Gasteiger partial charge in [-0.3, -0.25) is 9.59 Å². The Kier molecular flexibility index (Phi) is 3.46. The summed E-state index contributed by atoms with van der Waals surface area (Å²) in [6.07, 6.45) is 4.84. The third-order valence-corrected chi connectivity index (χ3v) is 3.34. The number of amides is 2. The molecular weight excluding hydrogens is 204 g/mol. The zero-order chi connectivity index (χ0) is 11.5. The third-order valence-electron chi connectivity index (χ3n) is 3.34. The highest BCUT2D eigenvalue weighted by Gasteiger charge is 2.36. The highest BCUT2D eigenvalue weighted by Crippen LogP contribution is 2.28. The average molecular weight is 224 g/mol. The van der Waals surface area contributed by atoms with E-state index in [1.807, 2.05) is 4.90 Å². The molecule has 0 aromatic heterocycles. The zero-order valence-corrected chi connectivity index (χ0v) is 9.95. The summed E-state index contributed by atoms with van der Waals surface area (Å²) in [5.74, 6) is 0.282. The maximum absolute atomic E-state index is 11.8. The van der Waals surface area contributed by atoms with E-state index >= 15 is 0 Å². The molecule has 1 saturated heterocycles. The molecule has 16 heavy (non-hydrogen) atoms. The van der Waals surface area contributed by atoms with Crippen LogP contribution in [0.15, 0.2) is 0 Å². The van der Waals surface area contributed by atoms with Crippen molar-refractivity contribution in [1.82, 2.24) is 9.80 Å². The minimum absolute atomic E-state index is 0.138. The fraction of sp³-hybridized carbons (Fsp3) is 0.833. The molecule has 1 aliphatic heterocycles. The molecule has 0 aromatic rings. The van der Waals surface area contributed by atoms with Crippen LogP contribution in [0.5, 0.6) is 0 Å². The summed E-state index contributed by atoms with van der Waals surface area (Å²) in [5.41, 5.74) is 0. The van der Waals surface area contributed by atoms with E-state index in [9.17, 15) is 9.59 Å². The van der Waals surface area contributed by atoms with Crippen LogP contribution in [-0.2, 0) is 9.59 Å². The molecule has 1 aliphatic carbocycles. The van der Waals surface area contributed by atoms with Gasteiger partial charge in [0, 0.05) is 25.6 Å². The summed E-state index contributed by atoms with van der Waals surface area (Å²) in [6, 6.07) is 0.486. The van der Waals surface area contributed by atoms with Crippen LogP contribution in [0.3, 0.4) is 0 Å². The second kappa shape index (κ2) is 4.85. The van der Waals surface area contributed by atoms with Crippen molar-refractivity contribution in [1.29, 1.82) is 0 Å². The van der Waals surface area contributed by atoms with E-state index in [-0.39, 0.29) is 11.8 Å². The molecule has 0 unspecified atom stereocenters. The van der Waals surface area contributed by atoms with Gasteiger partial charge in [-0.05, 0) is 19.3 Å². The monoisotopic (exact) mass is 224 g/mol. The molecule has 4 nitrogen and oxygen atoms in total. The van der Waals surface area contributed by atoms with Gasteiger partial charge in [0.1, 0.15) is 0 Å². The first kappa shape index (κ1) is 11.4. The number of piperazine rings is 1. The van der Waals surface area contributed by atoms with Crippen molar-refractivity contribution in [3.05, 3.63) is 0 Å². The molecule has 0 bridgehead atoms. The lowest BCUT2D eigenvalue weighted by atomic mass is 10.2. The van der Waals surface area contributed by atoms with E-state index in [1.165, 1.54) is 0 Å². The van der Waals surface area contributed by atoms with Gasteiger partial charge in [-0.2, -0.15) is 0 Å². The first-order valence-corrected chi connectivity index (χ1v) is 6.29. The molecule has 0 aromatic carbocycles. The van der Waals surface area contributed by atoms with Crippen molar-refractivity contribution in [3.8, 4) is 0 Å². The number of carbonyl (C=O) groups excluding carboxylic acids is 2. The van der Waals surface area contributed by atoms with Crippen LogP contribution in [0, 0.1) is 0 Å². The van der Waals surface area contributed by atoms with Gasteiger partial charge >= 0.3 is 0 Å². The smallest absolute Gasteiger partial charge is 0.242 e. The van der Waals surface area contributed by atoms with E-state index in [0.717, 1.165) is 38.8 Å². The molecular formula is C12H20N2O2. The number of rotatable bonds is 4. The molecule has 1 saturated carbocycles. The minimum Gasteiger partial charge on any atom is -0.336 e. The SMILES string of the molecule is CCCCC(=O)N1CCN(C2CC2)C(=O)C1. The van der Waals surface area contributed by atoms with Crippen molar-refractivity contribution in [2.75, 3.05) is 19.6 Å². The zero-order valence-electron chi connectivity index (χ0n) is 9.95. The van der Waals surface area contributed by atoms with E-state index in [2.05, 4.69) is 6.92 Å². The van der Waals surface area contributed by atoms with Crippen molar-refractivity contribution >= 4 is 11.8 Å². The quantitative estimate of drug-likeness (QED) is 0.715. The van der Waals surface area contributed by atoms with Gasteiger partial charge in [0.25, 0.3) is 0 Å². The summed E-state index contributed by atoms with van der Waals surface area (Å²) in [5, 5.41) is 0. The van der Waals surface area contributed by atoms with E-state index in [4.69, 9.17) is 0 Å². The molecule has 0 spiro atoms. The van der Waals surface area contributed by atoms with Gasteiger partial charge in [-0.25, -0.2) is 0 Å². The summed E-state index contributed by atoms with van der Waals surface area (Å²) in [6.45, 7) is 3.84. The maximum atomic E-state index is 11.8. The molecule has 90 valence electrons. The van der Waals surface area contributed by atoms with Crippen molar-refractivity contribution < 1.29 is 9.59 Å². The Morgan fingerprint density at radius 3 is 2.69 bits per heavy atom. The lowest BCUT2D eigenvalue weighted by Gasteiger charge is -2.34. The predicted molar refractivity (Wildman–Crippen MR) is 60.8 cm³/mol. The van der Waals surface area contributed by atoms with Crippen LogP contribution in [0.4, 0.5) is 0 Å². The van der Waals surface area contributed by atoms with Crippen LogP contribution in [0.1, 0.15) is 39.0 Å². The normalized spacial score (nSPS) is 21.4. The van der Waals surface area contributed by atoms with Crippen LogP contribution >= 0.6 is 0 Å². The first-order chi connectivity index (χ1) is 7.72. The number of unbranched alkanes of at least 4 members (excludes halogenated alkanes) is 1. The molecule has 4 heteroatoms. The van der Waals surface area contributed by atoms with E-state index < -0.39 is 0 Å². The van der Waals surface area contributed by atoms with Crippen molar-refractivity contribution in [2.24, 2.45) is 0 Å². The second-order valence-electron chi connectivity index (χ2n) is 4.74. The van der Waals surface area contributed by atoms with Gasteiger partial charge < -0.3 is 9.80 Å². The Morgan fingerprint density at radius 1 is 1.38 bits per heavy atom. The lowest BCUT2D eigenvalue weighted by Crippen LogP contribution is -2.52. The van der Waals surface area contributed by atoms with Crippen LogP contribution in [-0.4, -0.2) is 47.3 Å². The topological polar surface area (TPSA) is 40.6 Å². The van der Waals surface area contributed by atoms with Gasteiger partial charge in [-0.1, -0.05) is 13.3 Å². The molecule has 2 amide bonds. The van der Waals surface area contributed by atoms with Crippen molar-refractivity contribution in [2.45, 2.75) is 45.1 Å². The number of carbonyl (C=O) groups is 2. The predicted octanol–water partition coefficient (Wildman–Crippen LogP) is 1.01. The van der Waals surface area contributed by atoms with Crippen LogP contribution < -0.4 is 0 Å². The summed E-state index contributed by atoms with van der Waals surface area (Å²) in [4.78, 5) is 27.2. The standard InChI is InChI=1S/C12H20N2O2/c1-2-3-4-11(15)13-7-8-14(10-5-6-10)12(16)9-13/h10H,2-9H2,1H3. The Hall–Kier alpha value is -1.06. The number of nitrogens with zero attached hydrogens (tertiary/aromatic N) is 2. The lowest BCUT2D eigenvalue weighted by molar-refractivity contribution is -0.145. The fourth-order valence-electron chi connectivity index (χ4n) is 2.16.